The second-order valence-corrected chi connectivity index (χ2v) is 5.58. The van der Waals surface area contributed by atoms with Gasteiger partial charge in [-0.1, -0.05) is 30.3 Å². The zero-order chi connectivity index (χ0) is 18.4. The van der Waals surface area contributed by atoms with Crippen molar-refractivity contribution in [2.24, 2.45) is 0 Å². The first-order valence-corrected chi connectivity index (χ1v) is 8.15. The van der Waals surface area contributed by atoms with Gasteiger partial charge < -0.3 is 13.9 Å². The molecular formula is C21H19NO4. The maximum Gasteiger partial charge on any atom is 0.226 e. The van der Waals surface area contributed by atoms with Crippen molar-refractivity contribution in [3.05, 3.63) is 71.6 Å². The number of oxazole rings is 1. The van der Waals surface area contributed by atoms with Crippen molar-refractivity contribution in [1.29, 1.82) is 0 Å². The predicted molar refractivity (Wildman–Crippen MR) is 99.1 cm³/mol. The zero-order valence-electron chi connectivity index (χ0n) is 14.6. The molecule has 0 spiro atoms. The Balaban J connectivity index is 1.79. The Morgan fingerprint density at radius 3 is 2.65 bits per heavy atom. The minimum absolute atomic E-state index is 0.249. The second kappa shape index (κ2) is 8.16. The van der Waals surface area contributed by atoms with E-state index >= 15 is 0 Å². The van der Waals surface area contributed by atoms with E-state index in [9.17, 15) is 4.79 Å². The number of nitrogens with zero attached hydrogens (tertiary/aromatic N) is 1. The normalized spacial score (nSPS) is 10.8. The highest BCUT2D eigenvalue weighted by Gasteiger charge is 2.13. The summed E-state index contributed by atoms with van der Waals surface area (Å²) >= 11 is 0. The highest BCUT2D eigenvalue weighted by molar-refractivity contribution is 5.74. The van der Waals surface area contributed by atoms with Crippen molar-refractivity contribution < 1.29 is 18.7 Å². The Kier molecular flexibility index (Phi) is 5.49. The number of hydrogen-bond donors (Lipinski definition) is 0. The van der Waals surface area contributed by atoms with Crippen LogP contribution >= 0.6 is 0 Å². The minimum Gasteiger partial charge on any atom is -0.493 e. The first-order valence-electron chi connectivity index (χ1n) is 8.15. The van der Waals surface area contributed by atoms with E-state index in [2.05, 4.69) is 4.98 Å². The van der Waals surface area contributed by atoms with E-state index in [-0.39, 0.29) is 6.61 Å². The van der Waals surface area contributed by atoms with Crippen LogP contribution in [0.2, 0.25) is 0 Å². The number of allylic oxidation sites excluding steroid dienone is 1. The summed E-state index contributed by atoms with van der Waals surface area (Å²) in [7, 11) is 1.58. The summed E-state index contributed by atoms with van der Waals surface area (Å²) in [5.41, 5.74) is 2.48. The topological polar surface area (TPSA) is 61.6 Å². The molecule has 26 heavy (non-hydrogen) atoms. The van der Waals surface area contributed by atoms with Gasteiger partial charge in [0.15, 0.2) is 11.5 Å². The molecule has 0 atom stereocenters. The van der Waals surface area contributed by atoms with E-state index in [4.69, 9.17) is 13.9 Å². The van der Waals surface area contributed by atoms with Crippen molar-refractivity contribution in [3.8, 4) is 23.0 Å². The number of rotatable bonds is 7. The molecule has 3 aromatic rings. The molecule has 0 radical (unpaired) electrons. The molecule has 2 aromatic carbocycles. The number of ether oxygens (including phenoxy) is 2. The summed E-state index contributed by atoms with van der Waals surface area (Å²) in [6.45, 7) is 2.11. The number of benzene rings is 2. The van der Waals surface area contributed by atoms with Crippen LogP contribution in [0.5, 0.6) is 11.5 Å². The van der Waals surface area contributed by atoms with Crippen LogP contribution in [0.25, 0.3) is 17.5 Å². The van der Waals surface area contributed by atoms with Crippen LogP contribution in [0.1, 0.15) is 17.0 Å². The molecule has 0 saturated heterocycles. The molecule has 5 heteroatoms. The van der Waals surface area contributed by atoms with Gasteiger partial charge in [0.1, 0.15) is 24.3 Å². The molecule has 1 aromatic heterocycles. The number of aldehydes is 1. The first kappa shape index (κ1) is 17.5. The Morgan fingerprint density at radius 2 is 1.92 bits per heavy atom. The van der Waals surface area contributed by atoms with Crippen LogP contribution in [0.15, 0.2) is 59.0 Å². The van der Waals surface area contributed by atoms with Gasteiger partial charge in [-0.25, -0.2) is 4.98 Å². The number of carbonyl (C=O) groups excluding carboxylic acids is 1. The third-order valence-corrected chi connectivity index (χ3v) is 3.83. The highest BCUT2D eigenvalue weighted by Crippen LogP contribution is 2.30. The van der Waals surface area contributed by atoms with Crippen molar-refractivity contribution >= 4 is 12.4 Å². The van der Waals surface area contributed by atoms with Gasteiger partial charge in [-0.05, 0) is 42.8 Å². The second-order valence-electron chi connectivity index (χ2n) is 5.58. The smallest absolute Gasteiger partial charge is 0.226 e. The lowest BCUT2D eigenvalue weighted by molar-refractivity contribution is -0.104. The molecule has 132 valence electrons. The fourth-order valence-electron chi connectivity index (χ4n) is 2.47. The summed E-state index contributed by atoms with van der Waals surface area (Å²) in [6, 6.07) is 15.2. The molecular weight excluding hydrogens is 330 g/mol. The van der Waals surface area contributed by atoms with Gasteiger partial charge in [0.25, 0.3) is 0 Å². The lowest BCUT2D eigenvalue weighted by atomic mass is 10.2. The molecule has 0 bridgehead atoms. The van der Waals surface area contributed by atoms with Gasteiger partial charge in [-0.15, -0.1) is 0 Å². The molecule has 0 saturated carbocycles. The Hall–Kier alpha value is -3.34. The lowest BCUT2D eigenvalue weighted by Gasteiger charge is -2.10. The standard InChI is InChI=1S/C21H19NO4/c1-15-18(22-21(26-15)17-8-4-3-5-9-17)14-25-20-13-16(7-6-12-23)10-11-19(20)24-2/h3-13H,14H2,1-2H3/b7-6+. The van der Waals surface area contributed by atoms with Gasteiger partial charge in [-0.3, -0.25) is 4.79 Å². The molecule has 0 aliphatic rings. The van der Waals surface area contributed by atoms with Crippen LogP contribution < -0.4 is 9.47 Å². The fourth-order valence-corrected chi connectivity index (χ4v) is 2.47. The molecule has 3 rings (SSSR count). The van der Waals surface area contributed by atoms with Crippen LogP contribution in [0.3, 0.4) is 0 Å². The van der Waals surface area contributed by atoms with Crippen LogP contribution in [0.4, 0.5) is 0 Å². The minimum atomic E-state index is 0.249. The monoisotopic (exact) mass is 349 g/mol. The number of aromatic nitrogens is 1. The Labute approximate surface area is 151 Å². The molecule has 5 nitrogen and oxygen atoms in total. The fraction of sp³-hybridized carbons (Fsp3) is 0.143. The van der Waals surface area contributed by atoms with Crippen LogP contribution in [0, 0.1) is 6.92 Å². The van der Waals surface area contributed by atoms with Gasteiger partial charge >= 0.3 is 0 Å². The van der Waals surface area contributed by atoms with Gasteiger partial charge in [0.2, 0.25) is 5.89 Å². The first-order chi connectivity index (χ1) is 12.7. The molecule has 0 amide bonds. The zero-order valence-corrected chi connectivity index (χ0v) is 14.6. The van der Waals surface area contributed by atoms with E-state index < -0.39 is 0 Å². The molecule has 0 N–H and O–H groups in total. The number of methoxy groups -OCH3 is 1. The van der Waals surface area contributed by atoms with E-state index in [0.29, 0.717) is 23.1 Å². The molecule has 1 heterocycles. The lowest BCUT2D eigenvalue weighted by Crippen LogP contribution is -2.00. The maximum atomic E-state index is 10.5. The summed E-state index contributed by atoms with van der Waals surface area (Å²) in [4.78, 5) is 15.0. The molecule has 0 aliphatic heterocycles. The van der Waals surface area contributed by atoms with E-state index in [1.807, 2.05) is 49.4 Å². The average Bonchev–Trinajstić information content (AvgIpc) is 3.06. The summed E-state index contributed by atoms with van der Waals surface area (Å²) < 4.78 is 17.0. The Bertz CT molecular complexity index is 913. The maximum absolute atomic E-state index is 10.5. The number of carbonyl (C=O) groups is 1. The van der Waals surface area contributed by atoms with E-state index in [1.54, 1.807) is 19.3 Å². The third kappa shape index (κ3) is 4.00. The summed E-state index contributed by atoms with van der Waals surface area (Å²) in [6.07, 6.45) is 3.86. The average molecular weight is 349 g/mol. The van der Waals surface area contributed by atoms with E-state index in [1.165, 1.54) is 6.08 Å². The largest absolute Gasteiger partial charge is 0.493 e. The van der Waals surface area contributed by atoms with Crippen LogP contribution in [-0.2, 0) is 11.4 Å². The van der Waals surface area contributed by atoms with Gasteiger partial charge in [0.05, 0.1) is 7.11 Å². The van der Waals surface area contributed by atoms with Crippen molar-refractivity contribution in [3.63, 3.8) is 0 Å². The third-order valence-electron chi connectivity index (χ3n) is 3.83. The van der Waals surface area contributed by atoms with Crippen molar-refractivity contribution in [2.45, 2.75) is 13.5 Å². The SMILES string of the molecule is COc1ccc(/C=C/C=O)cc1OCc1nc(-c2ccccc2)oc1C. The molecule has 0 unspecified atom stereocenters. The number of hydrogen-bond acceptors (Lipinski definition) is 5. The van der Waals surface area contributed by atoms with Crippen molar-refractivity contribution in [1.82, 2.24) is 4.98 Å². The Morgan fingerprint density at radius 1 is 1.12 bits per heavy atom. The van der Waals surface area contributed by atoms with E-state index in [0.717, 1.165) is 23.1 Å². The molecule has 0 fully saturated rings. The van der Waals surface area contributed by atoms with Gasteiger partial charge in [-0.2, -0.15) is 0 Å². The quantitative estimate of drug-likeness (QED) is 0.466. The van der Waals surface area contributed by atoms with Crippen molar-refractivity contribution in [2.75, 3.05) is 7.11 Å². The number of aryl methyl sites for hydroxylation is 1. The summed E-state index contributed by atoms with van der Waals surface area (Å²) in [5, 5.41) is 0. The van der Waals surface area contributed by atoms with Gasteiger partial charge in [0, 0.05) is 5.56 Å². The summed E-state index contributed by atoms with van der Waals surface area (Å²) in [5.74, 6) is 2.46. The van der Waals surface area contributed by atoms with Crippen LogP contribution in [-0.4, -0.2) is 18.4 Å². The predicted octanol–water partition coefficient (Wildman–Crippen LogP) is 4.45. The highest BCUT2D eigenvalue weighted by atomic mass is 16.5. The molecule has 0 aliphatic carbocycles.